The molecule has 0 aliphatic rings. The van der Waals surface area contributed by atoms with Gasteiger partial charge in [-0.2, -0.15) is 18.3 Å². The fourth-order valence-corrected chi connectivity index (χ4v) is 3.87. The van der Waals surface area contributed by atoms with E-state index in [4.69, 9.17) is 0 Å². The van der Waals surface area contributed by atoms with Crippen molar-refractivity contribution in [2.75, 3.05) is 5.32 Å². The molecule has 190 valence electrons. The van der Waals surface area contributed by atoms with Crippen molar-refractivity contribution in [2.45, 2.75) is 6.18 Å². The van der Waals surface area contributed by atoms with Gasteiger partial charge in [0.05, 0.1) is 28.3 Å². The summed E-state index contributed by atoms with van der Waals surface area (Å²) in [5.41, 5.74) is -2.10. The minimum absolute atomic E-state index is 0.0314. The summed E-state index contributed by atoms with van der Waals surface area (Å²) in [6.45, 7) is 0. The quantitative estimate of drug-likeness (QED) is 0.347. The van der Waals surface area contributed by atoms with Gasteiger partial charge >= 0.3 is 6.18 Å². The summed E-state index contributed by atoms with van der Waals surface area (Å²) in [4.78, 5) is 32.3. The summed E-state index contributed by atoms with van der Waals surface area (Å²) in [6, 6.07) is 14.7. The number of amides is 1. The van der Waals surface area contributed by atoms with Crippen LogP contribution in [0.15, 0.2) is 79.1 Å². The number of benzene rings is 3. The molecule has 0 aliphatic carbocycles. The molecule has 1 amide bonds. The number of aromatic carboxylic acids is 1. The lowest BCUT2D eigenvalue weighted by atomic mass is 10.0. The Morgan fingerprint density at radius 2 is 1.63 bits per heavy atom. The van der Waals surface area contributed by atoms with E-state index in [0.717, 1.165) is 6.07 Å². The summed E-state index contributed by atoms with van der Waals surface area (Å²) in [7, 11) is 0. The molecule has 0 radical (unpaired) electrons. The number of alkyl halides is 3. The fraction of sp³-hybridized carbons (Fsp3) is 0.0385. The van der Waals surface area contributed by atoms with Gasteiger partial charge < -0.3 is 15.2 Å². The van der Waals surface area contributed by atoms with Crippen LogP contribution in [-0.2, 0) is 6.18 Å². The minimum Gasteiger partial charge on any atom is -0.545 e. The monoisotopic (exact) mass is 520 g/mol. The van der Waals surface area contributed by atoms with Crippen LogP contribution in [-0.4, -0.2) is 31.6 Å². The zero-order valence-corrected chi connectivity index (χ0v) is 19.0. The third-order valence-corrected chi connectivity index (χ3v) is 5.60. The molecule has 0 bridgehead atoms. The Balaban J connectivity index is 1.66. The molecule has 3 aromatic carbocycles. The molecule has 0 atom stereocenters. The number of carboxylic acids is 1. The van der Waals surface area contributed by atoms with Crippen LogP contribution in [0.2, 0.25) is 0 Å². The molecule has 2 heterocycles. The number of anilines is 1. The van der Waals surface area contributed by atoms with Gasteiger partial charge in [0.1, 0.15) is 11.6 Å². The summed E-state index contributed by atoms with van der Waals surface area (Å²) in [5, 5.41) is 18.5. The molecule has 0 spiro atoms. The van der Waals surface area contributed by atoms with Gasteiger partial charge in [-0.1, -0.05) is 24.3 Å². The summed E-state index contributed by atoms with van der Waals surface area (Å²) in [6.07, 6.45) is -2.52. The Kier molecular flexibility index (Phi) is 6.07. The van der Waals surface area contributed by atoms with Gasteiger partial charge in [-0.3, -0.25) is 4.79 Å². The van der Waals surface area contributed by atoms with E-state index in [0.29, 0.717) is 11.2 Å². The molecule has 1 N–H and O–H groups in total. The lowest BCUT2D eigenvalue weighted by molar-refractivity contribution is -0.255. The second kappa shape index (κ2) is 9.39. The van der Waals surface area contributed by atoms with Crippen LogP contribution < -0.4 is 10.4 Å². The number of nitrogens with one attached hydrogen (secondary N) is 1. The Morgan fingerprint density at radius 3 is 2.29 bits per heavy atom. The molecule has 5 aromatic rings. The molecular formula is C26H14F4N5O3-. The van der Waals surface area contributed by atoms with E-state index in [1.165, 1.54) is 41.3 Å². The van der Waals surface area contributed by atoms with E-state index in [-0.39, 0.29) is 28.7 Å². The maximum Gasteiger partial charge on any atom is 0.417 e. The topological polar surface area (TPSA) is 113 Å². The van der Waals surface area contributed by atoms with Crippen LogP contribution in [0, 0.1) is 5.82 Å². The van der Waals surface area contributed by atoms with Gasteiger partial charge in [0.15, 0.2) is 5.82 Å². The number of carboxylic acid groups (broad SMARTS) is 1. The second-order valence-corrected chi connectivity index (χ2v) is 8.02. The maximum atomic E-state index is 15.0. The van der Waals surface area contributed by atoms with E-state index >= 15 is 0 Å². The Morgan fingerprint density at radius 1 is 0.921 bits per heavy atom. The van der Waals surface area contributed by atoms with E-state index in [1.54, 1.807) is 30.3 Å². The van der Waals surface area contributed by atoms with Crippen molar-refractivity contribution in [1.82, 2.24) is 19.7 Å². The molecule has 12 heteroatoms. The van der Waals surface area contributed by atoms with E-state index in [1.807, 2.05) is 0 Å². The van der Waals surface area contributed by atoms with Gasteiger partial charge in [0, 0.05) is 23.3 Å². The SMILES string of the molecule is O=C([O-])c1ccc2nn(-c3ccccc3)c(NC(=O)c3cc(-c4ncccn4)c(C(F)(F)F)cc3F)c2c1. The molecule has 2 aromatic heterocycles. The van der Waals surface area contributed by atoms with Gasteiger partial charge in [0.2, 0.25) is 0 Å². The van der Waals surface area contributed by atoms with Crippen molar-refractivity contribution in [2.24, 2.45) is 0 Å². The van der Waals surface area contributed by atoms with Crippen LogP contribution in [0.1, 0.15) is 26.3 Å². The van der Waals surface area contributed by atoms with Crippen LogP contribution in [0.4, 0.5) is 23.4 Å². The zero-order chi connectivity index (χ0) is 27.0. The first kappa shape index (κ1) is 24.6. The molecule has 0 aliphatic heterocycles. The third kappa shape index (κ3) is 4.54. The van der Waals surface area contributed by atoms with E-state index in [9.17, 15) is 32.3 Å². The molecule has 38 heavy (non-hydrogen) atoms. The van der Waals surface area contributed by atoms with Crippen molar-refractivity contribution in [3.8, 4) is 17.1 Å². The summed E-state index contributed by atoms with van der Waals surface area (Å²) < 4.78 is 57.3. The minimum atomic E-state index is -4.95. The van der Waals surface area contributed by atoms with Gasteiger partial charge in [-0.25, -0.2) is 19.0 Å². The highest BCUT2D eigenvalue weighted by molar-refractivity contribution is 6.09. The van der Waals surface area contributed by atoms with Gasteiger partial charge in [-0.05, 0) is 48.0 Å². The lowest BCUT2D eigenvalue weighted by Crippen LogP contribution is -2.22. The maximum absolute atomic E-state index is 15.0. The molecule has 0 saturated heterocycles. The average molecular weight is 520 g/mol. The number of carbonyl (C=O) groups is 2. The predicted molar refractivity (Wildman–Crippen MR) is 126 cm³/mol. The highest BCUT2D eigenvalue weighted by Crippen LogP contribution is 2.38. The first-order valence-electron chi connectivity index (χ1n) is 10.9. The van der Waals surface area contributed by atoms with E-state index in [2.05, 4.69) is 20.4 Å². The number of carbonyl (C=O) groups excluding carboxylic acids is 2. The largest absolute Gasteiger partial charge is 0.545 e. The smallest absolute Gasteiger partial charge is 0.417 e. The number of para-hydroxylation sites is 1. The Labute approximate surface area is 211 Å². The second-order valence-electron chi connectivity index (χ2n) is 8.02. The number of aromatic nitrogens is 4. The third-order valence-electron chi connectivity index (χ3n) is 5.60. The fourth-order valence-electron chi connectivity index (χ4n) is 3.87. The first-order chi connectivity index (χ1) is 18.1. The average Bonchev–Trinajstić information content (AvgIpc) is 3.26. The standard InChI is InChI=1S/C26H15F4N5O3/c27-20-13-19(26(28,29)30)16(22-31-9-4-10-32-22)12-17(20)24(36)33-23-18-11-14(25(37)38)7-8-21(18)34-35(23)15-5-2-1-3-6-15/h1-13H,(H,33,36)(H,37,38)/p-1. The number of halogens is 4. The normalized spacial score (nSPS) is 11.5. The van der Waals surface area contributed by atoms with Crippen LogP contribution in [0.5, 0.6) is 0 Å². The molecule has 0 fully saturated rings. The summed E-state index contributed by atoms with van der Waals surface area (Å²) >= 11 is 0. The van der Waals surface area contributed by atoms with Crippen molar-refractivity contribution in [3.05, 3.63) is 102 Å². The number of hydrogen-bond donors (Lipinski definition) is 1. The lowest BCUT2D eigenvalue weighted by Gasteiger charge is -2.15. The Hall–Kier alpha value is -5.13. The predicted octanol–water partition coefficient (Wildman–Crippen LogP) is 4.26. The Bertz CT molecular complexity index is 1690. The highest BCUT2D eigenvalue weighted by atomic mass is 19.4. The van der Waals surface area contributed by atoms with Crippen LogP contribution in [0.3, 0.4) is 0 Å². The number of hydrogen-bond acceptors (Lipinski definition) is 6. The van der Waals surface area contributed by atoms with Crippen LogP contribution in [0.25, 0.3) is 28.0 Å². The van der Waals surface area contributed by atoms with Crippen LogP contribution >= 0.6 is 0 Å². The number of nitrogens with zero attached hydrogens (tertiary/aromatic N) is 4. The van der Waals surface area contributed by atoms with Gasteiger partial charge in [-0.15, -0.1) is 0 Å². The molecule has 8 nitrogen and oxygen atoms in total. The highest BCUT2D eigenvalue weighted by Gasteiger charge is 2.36. The van der Waals surface area contributed by atoms with E-state index < -0.39 is 40.6 Å². The number of rotatable bonds is 5. The van der Waals surface area contributed by atoms with Crippen molar-refractivity contribution < 1.29 is 32.3 Å². The molecule has 0 saturated carbocycles. The molecular weight excluding hydrogens is 506 g/mol. The van der Waals surface area contributed by atoms with Crippen molar-refractivity contribution in [3.63, 3.8) is 0 Å². The molecule has 5 rings (SSSR count). The first-order valence-corrected chi connectivity index (χ1v) is 10.9. The van der Waals surface area contributed by atoms with Crippen molar-refractivity contribution >= 4 is 28.6 Å². The molecule has 0 unspecified atom stereocenters. The number of fused-ring (bicyclic) bond motifs is 1. The summed E-state index contributed by atoms with van der Waals surface area (Å²) in [5.74, 6) is -4.40. The zero-order valence-electron chi connectivity index (χ0n) is 19.0. The van der Waals surface area contributed by atoms with Crippen molar-refractivity contribution in [1.29, 1.82) is 0 Å². The van der Waals surface area contributed by atoms with Gasteiger partial charge in [0.25, 0.3) is 5.91 Å².